The maximum atomic E-state index is 4.60. The summed E-state index contributed by atoms with van der Waals surface area (Å²) in [5.74, 6) is 1.57. The van der Waals surface area contributed by atoms with Crippen molar-refractivity contribution < 1.29 is 0 Å². The lowest BCUT2D eigenvalue weighted by atomic mass is 10.0. The van der Waals surface area contributed by atoms with Crippen LogP contribution in [0.2, 0.25) is 0 Å². The number of H-pyrrole nitrogens is 1. The highest BCUT2D eigenvalue weighted by Crippen LogP contribution is 2.29. The molecule has 3 aromatic heterocycles. The minimum atomic E-state index is 0.668. The molecule has 0 spiro atoms. The number of aromatic amines is 1. The lowest BCUT2D eigenvalue weighted by Crippen LogP contribution is -2.26. The summed E-state index contributed by atoms with van der Waals surface area (Å²) in [5.41, 5.74) is 7.89. The standard InChI is InChI=1S/C34H41N5S/c1-7-26(20-35-21-27-12-10-11-13-27)19-28(8-2)23(4)18-31-32(9-3)38-39-33(31)25(6)37-34-24(5)30(14-16-36-34)29-15-17-40-22-29/h7-9,14-19,22,27,35,38H,1,4,6,10-13,20-21H2,2-3,5H3,(H,36,37)/b26-19+,28-8+,31-18+,32-9+. The van der Waals surface area contributed by atoms with E-state index in [0.717, 1.165) is 68.9 Å². The van der Waals surface area contributed by atoms with Crippen LogP contribution in [0.25, 0.3) is 29.0 Å². The Hall–Kier alpha value is -3.74. The van der Waals surface area contributed by atoms with Gasteiger partial charge in [-0.1, -0.05) is 56.9 Å². The van der Waals surface area contributed by atoms with Crippen molar-refractivity contribution >= 4 is 35.0 Å². The van der Waals surface area contributed by atoms with E-state index in [0.29, 0.717) is 5.70 Å². The molecule has 3 N–H and O–H groups in total. The van der Waals surface area contributed by atoms with Crippen LogP contribution in [0.4, 0.5) is 5.82 Å². The Labute approximate surface area is 242 Å². The highest BCUT2D eigenvalue weighted by atomic mass is 32.1. The number of anilines is 1. The van der Waals surface area contributed by atoms with Crippen molar-refractivity contribution in [2.45, 2.75) is 46.5 Å². The number of nitrogens with one attached hydrogen (secondary N) is 3. The molecule has 1 aliphatic rings. The molecule has 0 atom stereocenters. The molecule has 6 heteroatoms. The van der Waals surface area contributed by atoms with Gasteiger partial charge in [0.2, 0.25) is 0 Å². The van der Waals surface area contributed by atoms with Crippen LogP contribution in [0.1, 0.15) is 50.8 Å². The summed E-state index contributed by atoms with van der Waals surface area (Å²) in [5, 5.41) is 20.9. The van der Waals surface area contributed by atoms with Crippen molar-refractivity contribution in [3.63, 3.8) is 0 Å². The fourth-order valence-corrected chi connectivity index (χ4v) is 5.85. The van der Waals surface area contributed by atoms with Crippen molar-refractivity contribution in [3.05, 3.63) is 106 Å². The molecular weight excluding hydrogens is 510 g/mol. The van der Waals surface area contributed by atoms with E-state index in [-0.39, 0.29) is 0 Å². The van der Waals surface area contributed by atoms with Crippen molar-refractivity contribution in [1.29, 1.82) is 0 Å². The second-order valence-corrected chi connectivity index (χ2v) is 11.0. The van der Waals surface area contributed by atoms with E-state index in [2.05, 4.69) is 87.5 Å². The number of allylic oxidation sites excluding steroid dienone is 4. The van der Waals surface area contributed by atoms with Crippen LogP contribution >= 0.6 is 11.3 Å². The van der Waals surface area contributed by atoms with Gasteiger partial charge in [0.25, 0.3) is 0 Å². The summed E-state index contributed by atoms with van der Waals surface area (Å²) < 4.78 is 0. The van der Waals surface area contributed by atoms with Gasteiger partial charge in [0.05, 0.1) is 11.0 Å². The van der Waals surface area contributed by atoms with Crippen LogP contribution in [-0.4, -0.2) is 28.3 Å². The van der Waals surface area contributed by atoms with Crippen LogP contribution in [0.3, 0.4) is 0 Å². The Balaban J connectivity index is 1.55. The average molecular weight is 552 g/mol. The molecule has 0 aromatic carbocycles. The van der Waals surface area contributed by atoms with Crippen molar-refractivity contribution in [2.75, 3.05) is 18.4 Å². The van der Waals surface area contributed by atoms with E-state index in [4.69, 9.17) is 0 Å². The Morgan fingerprint density at radius 2 is 2.00 bits per heavy atom. The average Bonchev–Trinajstić information content (AvgIpc) is 3.74. The predicted octanol–water partition coefficient (Wildman–Crippen LogP) is 6.90. The zero-order chi connectivity index (χ0) is 28.5. The molecule has 5 nitrogen and oxygen atoms in total. The first kappa shape index (κ1) is 29.2. The highest BCUT2D eigenvalue weighted by Gasteiger charge is 2.15. The van der Waals surface area contributed by atoms with Gasteiger partial charge in [-0.15, -0.1) is 0 Å². The highest BCUT2D eigenvalue weighted by molar-refractivity contribution is 7.08. The summed E-state index contributed by atoms with van der Waals surface area (Å²) in [4.78, 5) is 4.59. The molecule has 1 fully saturated rings. The van der Waals surface area contributed by atoms with Crippen LogP contribution in [0.5, 0.6) is 0 Å². The first-order valence-corrected chi connectivity index (χ1v) is 15.0. The van der Waals surface area contributed by atoms with Gasteiger partial charge in [-0.25, -0.2) is 4.98 Å². The summed E-state index contributed by atoms with van der Waals surface area (Å²) in [6, 6.07) is 4.17. The molecule has 0 bridgehead atoms. The topological polar surface area (TPSA) is 65.6 Å². The molecule has 0 amide bonds. The number of thiophene rings is 1. The van der Waals surface area contributed by atoms with Gasteiger partial charge in [0, 0.05) is 18.0 Å². The normalized spacial score (nSPS) is 15.6. The van der Waals surface area contributed by atoms with Gasteiger partial charge >= 0.3 is 0 Å². The van der Waals surface area contributed by atoms with Crippen LogP contribution in [0, 0.1) is 12.8 Å². The monoisotopic (exact) mass is 551 g/mol. The third-order valence-electron chi connectivity index (χ3n) is 7.55. The number of hydrogen-bond donors (Lipinski definition) is 3. The largest absolute Gasteiger partial charge is 0.339 e. The second-order valence-electron chi connectivity index (χ2n) is 10.3. The zero-order valence-corrected chi connectivity index (χ0v) is 24.8. The van der Waals surface area contributed by atoms with Gasteiger partial charge in [-0.3, -0.25) is 5.10 Å². The molecule has 4 rings (SSSR count). The number of nitrogens with zero attached hydrogens (tertiary/aromatic N) is 2. The van der Waals surface area contributed by atoms with E-state index in [1.165, 1.54) is 31.2 Å². The summed E-state index contributed by atoms with van der Waals surface area (Å²) >= 11 is 1.68. The Morgan fingerprint density at radius 3 is 2.67 bits per heavy atom. The van der Waals surface area contributed by atoms with Crippen LogP contribution in [-0.2, 0) is 0 Å². The number of rotatable bonds is 12. The lowest BCUT2D eigenvalue weighted by Gasteiger charge is -2.13. The molecule has 0 radical (unpaired) electrons. The molecular formula is C34H41N5S. The first-order chi connectivity index (χ1) is 19.4. The summed E-state index contributed by atoms with van der Waals surface area (Å²) in [6.45, 7) is 20.7. The summed E-state index contributed by atoms with van der Waals surface area (Å²) in [6.07, 6.45) is 17.5. The van der Waals surface area contributed by atoms with Crippen molar-refractivity contribution in [2.24, 2.45) is 5.92 Å². The fourth-order valence-electron chi connectivity index (χ4n) is 5.19. The number of aromatic nitrogens is 3. The van der Waals surface area contributed by atoms with Crippen molar-refractivity contribution in [3.8, 4) is 11.1 Å². The SMILES string of the molecule is C=C/C(=C\C(=C/C)C(=C)/C=c1/c(C(=C)Nc2nccc(-c3ccsc3)c2C)n[nH]/c1=C/C)CNCC1CCCC1. The molecule has 1 saturated carbocycles. The lowest BCUT2D eigenvalue weighted by molar-refractivity contribution is 0.503. The third kappa shape index (κ3) is 7.06. The predicted molar refractivity (Wildman–Crippen MR) is 173 cm³/mol. The fraction of sp³-hybridized carbons (Fsp3) is 0.294. The minimum Gasteiger partial charge on any atom is -0.339 e. The molecule has 3 heterocycles. The van der Waals surface area contributed by atoms with E-state index in [1.54, 1.807) is 11.3 Å². The van der Waals surface area contributed by atoms with E-state index in [1.807, 2.05) is 38.3 Å². The molecule has 0 unspecified atom stereocenters. The third-order valence-corrected chi connectivity index (χ3v) is 8.24. The van der Waals surface area contributed by atoms with Crippen LogP contribution in [0.15, 0.2) is 83.8 Å². The van der Waals surface area contributed by atoms with Gasteiger partial charge in [0.15, 0.2) is 0 Å². The molecule has 40 heavy (non-hydrogen) atoms. The summed E-state index contributed by atoms with van der Waals surface area (Å²) in [7, 11) is 0. The quantitative estimate of drug-likeness (QED) is 0.214. The molecule has 1 aliphatic carbocycles. The van der Waals surface area contributed by atoms with Gasteiger partial charge in [-0.05, 0) is 108 Å². The molecule has 0 aliphatic heterocycles. The Kier molecular flexibility index (Phi) is 10.3. The van der Waals surface area contributed by atoms with E-state index in [9.17, 15) is 0 Å². The molecule has 3 aromatic rings. The van der Waals surface area contributed by atoms with Gasteiger partial charge < -0.3 is 10.6 Å². The van der Waals surface area contributed by atoms with Gasteiger partial charge in [0.1, 0.15) is 11.5 Å². The molecule has 208 valence electrons. The maximum Gasteiger partial charge on any atom is 0.133 e. The zero-order valence-electron chi connectivity index (χ0n) is 24.0. The van der Waals surface area contributed by atoms with Crippen molar-refractivity contribution in [1.82, 2.24) is 20.5 Å². The Bertz CT molecular complexity index is 1530. The second kappa shape index (κ2) is 14.1. The maximum absolute atomic E-state index is 4.60. The van der Waals surface area contributed by atoms with E-state index >= 15 is 0 Å². The Morgan fingerprint density at radius 1 is 1.20 bits per heavy atom. The molecule has 0 saturated heterocycles. The van der Waals surface area contributed by atoms with E-state index < -0.39 is 0 Å². The smallest absolute Gasteiger partial charge is 0.133 e. The number of hydrogen-bond acceptors (Lipinski definition) is 5. The number of pyridine rings is 1. The van der Waals surface area contributed by atoms with Crippen LogP contribution < -0.4 is 21.2 Å². The first-order valence-electron chi connectivity index (χ1n) is 14.0. The minimum absolute atomic E-state index is 0.668. The van der Waals surface area contributed by atoms with Gasteiger partial charge in [-0.2, -0.15) is 16.4 Å².